The Hall–Kier alpha value is -0.340. The molecule has 0 bridgehead atoms. The van der Waals surface area contributed by atoms with Crippen molar-refractivity contribution in [3.05, 3.63) is 35.9 Å². The summed E-state index contributed by atoms with van der Waals surface area (Å²) >= 11 is 3.44. The summed E-state index contributed by atoms with van der Waals surface area (Å²) in [5.41, 5.74) is 1.29. The van der Waals surface area contributed by atoms with Crippen molar-refractivity contribution in [2.45, 2.75) is 12.3 Å². The average Bonchev–Trinajstić information content (AvgIpc) is 2.15. The fraction of sp³-hybridized carbons (Fsp3) is 0.400. The van der Waals surface area contributed by atoms with E-state index in [0.717, 1.165) is 11.8 Å². The molecule has 0 saturated heterocycles. The van der Waals surface area contributed by atoms with Gasteiger partial charge in [-0.2, -0.15) is 0 Å². The number of aliphatic hydroxyl groups excluding tert-OH is 1. The summed E-state index contributed by atoms with van der Waals surface area (Å²) in [5, 5.41) is 9.72. The van der Waals surface area contributed by atoms with Gasteiger partial charge >= 0.3 is 0 Å². The minimum absolute atomic E-state index is 0.255. The van der Waals surface area contributed by atoms with E-state index in [9.17, 15) is 0 Å². The zero-order chi connectivity index (χ0) is 8.81. The Morgan fingerprint density at radius 3 is 2.42 bits per heavy atom. The Bertz CT molecular complexity index is 210. The van der Waals surface area contributed by atoms with Crippen molar-refractivity contribution < 1.29 is 5.11 Å². The molecule has 0 amide bonds. The molecule has 0 aliphatic heterocycles. The van der Waals surface area contributed by atoms with Gasteiger partial charge in [0.05, 0.1) is 0 Å². The summed E-state index contributed by atoms with van der Waals surface area (Å²) in [6.07, 6.45) is 0.829. The molecule has 1 unspecified atom stereocenters. The highest BCUT2D eigenvalue weighted by Crippen LogP contribution is 2.20. The molecule has 0 heterocycles. The smallest absolute Gasteiger partial charge is 0.0437 e. The lowest BCUT2D eigenvalue weighted by molar-refractivity contribution is 0.279. The lowest BCUT2D eigenvalue weighted by Crippen LogP contribution is -2.02. The van der Waals surface area contributed by atoms with Crippen molar-refractivity contribution in [2.24, 2.45) is 0 Å². The van der Waals surface area contributed by atoms with Crippen LogP contribution >= 0.6 is 15.9 Å². The normalized spacial score (nSPS) is 12.8. The van der Waals surface area contributed by atoms with Crippen LogP contribution in [0, 0.1) is 0 Å². The zero-order valence-electron chi connectivity index (χ0n) is 6.91. The number of hydrogen-bond acceptors (Lipinski definition) is 1. The monoisotopic (exact) mass is 228 g/mol. The molecule has 0 spiro atoms. The first-order chi connectivity index (χ1) is 5.88. The van der Waals surface area contributed by atoms with E-state index in [2.05, 4.69) is 28.1 Å². The summed E-state index contributed by atoms with van der Waals surface area (Å²) in [5.74, 6) is 0.441. The van der Waals surface area contributed by atoms with E-state index in [-0.39, 0.29) is 6.61 Å². The predicted molar refractivity (Wildman–Crippen MR) is 54.7 cm³/mol. The number of benzene rings is 1. The van der Waals surface area contributed by atoms with Crippen LogP contribution in [0.5, 0.6) is 0 Å². The summed E-state index contributed by atoms with van der Waals surface area (Å²) in [6, 6.07) is 10.3. The number of hydrogen-bond donors (Lipinski definition) is 1. The lowest BCUT2D eigenvalue weighted by Gasteiger charge is -2.11. The van der Waals surface area contributed by atoms with Gasteiger partial charge in [0.2, 0.25) is 0 Å². The van der Waals surface area contributed by atoms with Crippen LogP contribution in [0.15, 0.2) is 30.3 Å². The van der Waals surface area contributed by atoms with E-state index in [1.54, 1.807) is 0 Å². The standard InChI is InChI=1S/C10H13BrO/c11-8-10(6-7-12)9-4-2-1-3-5-9/h1-5,10,12H,6-8H2. The first-order valence-electron chi connectivity index (χ1n) is 4.10. The third-order valence-corrected chi connectivity index (χ3v) is 2.72. The maximum atomic E-state index is 8.81. The second-order valence-electron chi connectivity index (χ2n) is 2.77. The molecular weight excluding hydrogens is 216 g/mol. The molecule has 0 saturated carbocycles. The fourth-order valence-electron chi connectivity index (χ4n) is 1.21. The maximum Gasteiger partial charge on any atom is 0.0437 e. The Morgan fingerprint density at radius 1 is 1.25 bits per heavy atom. The van der Waals surface area contributed by atoms with Gasteiger partial charge in [-0.1, -0.05) is 46.3 Å². The minimum Gasteiger partial charge on any atom is -0.396 e. The predicted octanol–water partition coefficient (Wildman–Crippen LogP) is 2.55. The van der Waals surface area contributed by atoms with Crippen molar-refractivity contribution in [1.29, 1.82) is 0 Å². The van der Waals surface area contributed by atoms with Crippen molar-refractivity contribution >= 4 is 15.9 Å². The minimum atomic E-state index is 0.255. The third-order valence-electron chi connectivity index (χ3n) is 1.93. The van der Waals surface area contributed by atoms with Gasteiger partial charge in [0.1, 0.15) is 0 Å². The van der Waals surface area contributed by atoms with E-state index >= 15 is 0 Å². The summed E-state index contributed by atoms with van der Waals surface area (Å²) in [7, 11) is 0. The molecule has 1 atom stereocenters. The van der Waals surface area contributed by atoms with Gasteiger partial charge in [-0.05, 0) is 17.9 Å². The quantitative estimate of drug-likeness (QED) is 0.786. The topological polar surface area (TPSA) is 20.2 Å². The molecular formula is C10H13BrO. The molecule has 1 aromatic rings. The fourth-order valence-corrected chi connectivity index (χ4v) is 1.91. The zero-order valence-corrected chi connectivity index (χ0v) is 8.50. The van der Waals surface area contributed by atoms with Crippen LogP contribution in [0.4, 0.5) is 0 Å². The first kappa shape index (κ1) is 9.75. The number of rotatable bonds is 4. The van der Waals surface area contributed by atoms with Crippen LogP contribution < -0.4 is 0 Å². The van der Waals surface area contributed by atoms with Gasteiger partial charge in [-0.3, -0.25) is 0 Å². The van der Waals surface area contributed by atoms with E-state index in [4.69, 9.17) is 5.11 Å². The Kier molecular flexibility index (Phi) is 4.33. The van der Waals surface area contributed by atoms with E-state index < -0.39 is 0 Å². The molecule has 1 N–H and O–H groups in total. The van der Waals surface area contributed by atoms with Crippen LogP contribution in [-0.2, 0) is 0 Å². The Labute approximate surface area is 81.6 Å². The summed E-state index contributed by atoms with van der Waals surface area (Å²) in [4.78, 5) is 0. The SMILES string of the molecule is OCCC(CBr)c1ccccc1. The van der Waals surface area contributed by atoms with Crippen molar-refractivity contribution in [1.82, 2.24) is 0 Å². The number of halogens is 1. The summed E-state index contributed by atoms with van der Waals surface area (Å²) in [6.45, 7) is 0.255. The molecule has 1 nitrogen and oxygen atoms in total. The average molecular weight is 229 g/mol. The second kappa shape index (κ2) is 5.33. The van der Waals surface area contributed by atoms with Gasteiger partial charge in [-0.15, -0.1) is 0 Å². The molecule has 12 heavy (non-hydrogen) atoms. The molecule has 0 fully saturated rings. The van der Waals surface area contributed by atoms with Crippen molar-refractivity contribution in [3.8, 4) is 0 Å². The van der Waals surface area contributed by atoms with Gasteiger partial charge in [-0.25, -0.2) is 0 Å². The van der Waals surface area contributed by atoms with Gasteiger partial charge in [0.15, 0.2) is 0 Å². The van der Waals surface area contributed by atoms with Gasteiger partial charge in [0.25, 0.3) is 0 Å². The van der Waals surface area contributed by atoms with E-state index in [1.807, 2.05) is 18.2 Å². The molecule has 0 aliphatic carbocycles. The van der Waals surface area contributed by atoms with Crippen molar-refractivity contribution in [2.75, 3.05) is 11.9 Å². The molecule has 2 heteroatoms. The maximum absolute atomic E-state index is 8.81. The van der Waals surface area contributed by atoms with E-state index in [1.165, 1.54) is 5.56 Å². The molecule has 66 valence electrons. The van der Waals surface area contributed by atoms with Gasteiger partial charge in [0, 0.05) is 11.9 Å². The number of aliphatic hydroxyl groups is 1. The highest BCUT2D eigenvalue weighted by molar-refractivity contribution is 9.09. The van der Waals surface area contributed by atoms with Crippen LogP contribution in [0.25, 0.3) is 0 Å². The van der Waals surface area contributed by atoms with E-state index in [0.29, 0.717) is 5.92 Å². The largest absolute Gasteiger partial charge is 0.396 e. The van der Waals surface area contributed by atoms with Crippen LogP contribution in [0.2, 0.25) is 0 Å². The Balaban J connectivity index is 2.66. The molecule has 0 aliphatic rings. The van der Waals surface area contributed by atoms with Crippen LogP contribution in [0.1, 0.15) is 17.9 Å². The number of alkyl halides is 1. The highest BCUT2D eigenvalue weighted by atomic mass is 79.9. The highest BCUT2D eigenvalue weighted by Gasteiger charge is 2.07. The van der Waals surface area contributed by atoms with Crippen molar-refractivity contribution in [3.63, 3.8) is 0 Å². The van der Waals surface area contributed by atoms with Gasteiger partial charge < -0.3 is 5.11 Å². The molecule has 1 aromatic carbocycles. The molecule has 0 aromatic heterocycles. The van der Waals surface area contributed by atoms with Crippen LogP contribution in [0.3, 0.4) is 0 Å². The second-order valence-corrected chi connectivity index (χ2v) is 3.42. The third kappa shape index (κ3) is 2.61. The summed E-state index contributed by atoms with van der Waals surface area (Å²) < 4.78 is 0. The van der Waals surface area contributed by atoms with Crippen LogP contribution in [-0.4, -0.2) is 17.0 Å². The Morgan fingerprint density at radius 2 is 1.92 bits per heavy atom. The molecule has 1 rings (SSSR count). The first-order valence-corrected chi connectivity index (χ1v) is 5.22. The molecule has 0 radical (unpaired) electrons. The lowest BCUT2D eigenvalue weighted by atomic mass is 9.98.